The van der Waals surface area contributed by atoms with Gasteiger partial charge >= 0.3 is 23.9 Å². The molecule has 1 aliphatic rings. The molecule has 1 saturated heterocycles. The number of esters is 3. The van der Waals surface area contributed by atoms with E-state index in [1.165, 1.54) is 0 Å². The maximum atomic E-state index is 13.6. The summed E-state index contributed by atoms with van der Waals surface area (Å²) < 4.78 is 35.4. The molecule has 0 aliphatic carbocycles. The summed E-state index contributed by atoms with van der Waals surface area (Å²) in [5.74, 6) is -3.17. The number of hydrogen-bond donors (Lipinski definition) is 0. The molecule has 1 aromatic rings. The number of aromatic nitrogens is 2. The van der Waals surface area contributed by atoms with Crippen molar-refractivity contribution in [1.82, 2.24) is 9.55 Å². The third kappa shape index (κ3) is 4.60. The van der Waals surface area contributed by atoms with E-state index < -0.39 is 66.1 Å². The molecule has 0 radical (unpaired) electrons. The molecule has 0 spiro atoms. The highest BCUT2D eigenvalue weighted by Gasteiger charge is 2.54. The van der Waals surface area contributed by atoms with Crippen molar-refractivity contribution >= 4 is 23.9 Å². The van der Waals surface area contributed by atoms with Crippen molar-refractivity contribution < 1.29 is 42.6 Å². The van der Waals surface area contributed by atoms with E-state index >= 15 is 0 Å². The van der Waals surface area contributed by atoms with Crippen molar-refractivity contribution in [2.24, 2.45) is 0 Å². The lowest BCUT2D eigenvalue weighted by Crippen LogP contribution is -2.60. The van der Waals surface area contributed by atoms with Crippen LogP contribution in [0.15, 0.2) is 12.4 Å². The summed E-state index contributed by atoms with van der Waals surface area (Å²) >= 11 is 0. The average molecular weight is 402 g/mol. The summed E-state index contributed by atoms with van der Waals surface area (Å²) in [6, 6.07) is 0. The number of rotatable bonds is 6. The van der Waals surface area contributed by atoms with Gasteiger partial charge in [-0.15, -0.1) is 0 Å². The highest BCUT2D eigenvalue weighted by molar-refractivity contribution is 5.68. The molecule has 0 amide bonds. The topological polar surface area (TPSA) is 149 Å². The van der Waals surface area contributed by atoms with Gasteiger partial charge in [0.15, 0.2) is 12.2 Å². The Kier molecular flexibility index (Phi) is 6.62. The molecule has 0 saturated carbocycles. The SMILES string of the molecule is CC(=O)OC1C(OC(C)=O)[C@H](n2ccnc2[N+](=O)[O-])OC(C[18F])[C@@H]1OC(C)=O. The zero-order valence-electron chi connectivity index (χ0n) is 15.1. The maximum absolute atomic E-state index is 13.6. The van der Waals surface area contributed by atoms with Crippen molar-refractivity contribution in [3.8, 4) is 0 Å². The minimum atomic E-state index is -1.48. The van der Waals surface area contributed by atoms with Gasteiger partial charge in [0.2, 0.25) is 12.3 Å². The predicted octanol–water partition coefficient (Wildman–Crippen LogP) is 0.453. The molecule has 13 heteroatoms. The Morgan fingerprint density at radius 1 is 1.14 bits per heavy atom. The first-order valence-electron chi connectivity index (χ1n) is 8.06. The van der Waals surface area contributed by atoms with Crippen LogP contribution in [0.2, 0.25) is 0 Å². The molecule has 12 nitrogen and oxygen atoms in total. The average Bonchev–Trinajstić information content (AvgIpc) is 3.06. The van der Waals surface area contributed by atoms with Gasteiger partial charge in [0.1, 0.15) is 25.2 Å². The molecule has 5 atom stereocenters. The van der Waals surface area contributed by atoms with E-state index in [1.54, 1.807) is 0 Å². The number of imidazole rings is 1. The van der Waals surface area contributed by atoms with Gasteiger partial charge in [-0.1, -0.05) is 4.98 Å². The third-order valence-corrected chi connectivity index (χ3v) is 3.75. The van der Waals surface area contributed by atoms with Crippen molar-refractivity contribution in [3.63, 3.8) is 0 Å². The molecule has 1 aromatic heterocycles. The van der Waals surface area contributed by atoms with Gasteiger partial charge in [0.05, 0.1) is 0 Å². The minimum Gasteiger partial charge on any atom is -0.456 e. The molecule has 0 bridgehead atoms. The number of nitro groups is 1. The van der Waals surface area contributed by atoms with E-state index in [4.69, 9.17) is 18.9 Å². The van der Waals surface area contributed by atoms with Gasteiger partial charge in [-0.3, -0.25) is 14.4 Å². The zero-order valence-corrected chi connectivity index (χ0v) is 15.1. The van der Waals surface area contributed by atoms with E-state index in [0.29, 0.717) is 0 Å². The molecule has 1 aliphatic heterocycles. The molecule has 3 unspecified atom stereocenters. The monoisotopic (exact) mass is 402 g/mol. The van der Waals surface area contributed by atoms with Crippen LogP contribution in [-0.2, 0) is 33.3 Å². The Bertz CT molecular complexity index is 768. The number of ether oxygens (including phenoxy) is 4. The fourth-order valence-corrected chi connectivity index (χ4v) is 2.87. The molecule has 2 rings (SSSR count). The highest BCUT2D eigenvalue weighted by atomic mass is 18.2. The van der Waals surface area contributed by atoms with Crippen LogP contribution in [0.5, 0.6) is 0 Å². The van der Waals surface area contributed by atoms with Crippen molar-refractivity contribution in [1.29, 1.82) is 0 Å². The number of nitrogens with zero attached hydrogens (tertiary/aromatic N) is 3. The second kappa shape index (κ2) is 8.73. The Morgan fingerprint density at radius 2 is 1.68 bits per heavy atom. The molecule has 154 valence electrons. The number of carbonyl (C=O) groups is 3. The lowest BCUT2D eigenvalue weighted by Gasteiger charge is -2.42. The van der Waals surface area contributed by atoms with E-state index in [0.717, 1.165) is 37.7 Å². The first-order valence-corrected chi connectivity index (χ1v) is 8.06. The first kappa shape index (κ1) is 21.2. The molecule has 2 heterocycles. The molecule has 0 aromatic carbocycles. The van der Waals surface area contributed by atoms with Crippen molar-refractivity contribution in [2.75, 3.05) is 6.67 Å². The highest BCUT2D eigenvalue weighted by Crippen LogP contribution is 2.36. The molecular formula is C15H18FN3O9. The fraction of sp³-hybridized carbons (Fsp3) is 0.600. The number of alkyl halides is 1. The predicted molar refractivity (Wildman–Crippen MR) is 85.4 cm³/mol. The largest absolute Gasteiger partial charge is 0.456 e. The second-order valence-corrected chi connectivity index (χ2v) is 5.83. The Hall–Kier alpha value is -3.09. The minimum absolute atomic E-state index is 0.674. The lowest BCUT2D eigenvalue weighted by atomic mass is 9.97. The van der Waals surface area contributed by atoms with Crippen LogP contribution in [0, 0.1) is 10.1 Å². The Balaban J connectivity index is 2.55. The number of hydrogen-bond acceptors (Lipinski definition) is 10. The normalized spacial score (nSPS) is 26.9. The standard InChI is InChI=1S/C15H18FN3O9/c1-7(20)25-11-10(6-16)28-14(18-5-4-17-15(18)19(23)24)13(27-9(3)22)12(11)26-8(2)21/h4-5,10-14H,6H2,1-3H3/t10?,11-,12?,13?,14+/m0/s1/i16-1. The van der Waals surface area contributed by atoms with Crippen LogP contribution in [-0.4, -0.2) is 63.5 Å². The van der Waals surface area contributed by atoms with Crippen LogP contribution in [0.4, 0.5) is 10.3 Å². The van der Waals surface area contributed by atoms with Gasteiger partial charge in [0.25, 0.3) is 0 Å². The van der Waals surface area contributed by atoms with Gasteiger partial charge in [-0.05, 0) is 4.92 Å². The van der Waals surface area contributed by atoms with Crippen LogP contribution >= 0.6 is 0 Å². The Labute approximate surface area is 157 Å². The van der Waals surface area contributed by atoms with Gasteiger partial charge < -0.3 is 29.1 Å². The summed E-state index contributed by atoms with van der Waals surface area (Å²) in [6.07, 6.45) is -5.08. The van der Waals surface area contributed by atoms with E-state index in [2.05, 4.69) is 4.98 Å². The van der Waals surface area contributed by atoms with Gasteiger partial charge in [0, 0.05) is 20.8 Å². The van der Waals surface area contributed by atoms with Crippen LogP contribution in [0.1, 0.15) is 27.0 Å². The van der Waals surface area contributed by atoms with Crippen LogP contribution < -0.4 is 0 Å². The third-order valence-electron chi connectivity index (χ3n) is 3.75. The van der Waals surface area contributed by atoms with E-state index in [1.807, 2.05) is 0 Å². The fourth-order valence-electron chi connectivity index (χ4n) is 2.87. The molecule has 1 fully saturated rings. The second-order valence-electron chi connectivity index (χ2n) is 5.83. The summed E-state index contributed by atoms with van der Waals surface area (Å²) in [7, 11) is 0. The smallest absolute Gasteiger partial charge is 0.436 e. The molecular weight excluding hydrogens is 384 g/mol. The molecule has 0 N–H and O–H groups in total. The number of halogens is 1. The van der Waals surface area contributed by atoms with Crippen molar-refractivity contribution in [3.05, 3.63) is 22.5 Å². The maximum Gasteiger partial charge on any atom is 0.436 e. The van der Waals surface area contributed by atoms with E-state index in [9.17, 15) is 28.9 Å². The zero-order chi connectivity index (χ0) is 21.0. The van der Waals surface area contributed by atoms with Crippen molar-refractivity contribution in [2.45, 2.75) is 51.4 Å². The molecule has 28 heavy (non-hydrogen) atoms. The summed E-state index contributed by atoms with van der Waals surface area (Å²) in [6.45, 7) is 1.96. The summed E-state index contributed by atoms with van der Waals surface area (Å²) in [4.78, 5) is 48.6. The van der Waals surface area contributed by atoms with Gasteiger partial charge in [-0.2, -0.15) is 4.57 Å². The Morgan fingerprint density at radius 3 is 2.18 bits per heavy atom. The summed E-state index contributed by atoms with van der Waals surface area (Å²) in [5.41, 5.74) is 0. The van der Waals surface area contributed by atoms with Crippen LogP contribution in [0.25, 0.3) is 0 Å². The van der Waals surface area contributed by atoms with Gasteiger partial charge in [-0.25, -0.2) is 4.39 Å². The quantitative estimate of drug-likeness (QED) is 0.284. The summed E-state index contributed by atoms with van der Waals surface area (Å²) in [5, 5.41) is 11.2. The number of carbonyl (C=O) groups excluding carboxylic acids is 3. The lowest BCUT2D eigenvalue weighted by molar-refractivity contribution is -0.400. The van der Waals surface area contributed by atoms with Crippen LogP contribution in [0.3, 0.4) is 0 Å². The van der Waals surface area contributed by atoms with E-state index in [-0.39, 0.29) is 0 Å². The first-order chi connectivity index (χ1) is 13.1.